The Bertz CT molecular complexity index is 2870. The molecule has 0 spiro atoms. The van der Waals surface area contributed by atoms with Crippen LogP contribution in [0.25, 0.3) is 93.7 Å². The first-order chi connectivity index (χ1) is 24.3. The van der Waals surface area contributed by atoms with Crippen molar-refractivity contribution in [3.05, 3.63) is 176 Å². The maximum absolute atomic E-state index is 5.50. The van der Waals surface area contributed by atoms with Crippen molar-refractivity contribution < 1.29 is 0 Å². The molecule has 8 aromatic carbocycles. The zero-order valence-electron chi connectivity index (χ0n) is 26.6. The standard InChI is InChI=1S/C46H29N3/c1-3-14-30(15-4-1)43-44(48-46-39-24-10-8-21-36(39)35-20-7-9-23-38(35)45(46)47-43)33-17-13-16-31(28-33)32-26-27-42-40(29-32)37-22-11-12-25-41(37)49(42)34-18-5-2-6-19-34/h1-29H. The number of fused-ring (bicyclic) bond motifs is 9. The van der Waals surface area contributed by atoms with E-state index in [0.29, 0.717) is 0 Å². The van der Waals surface area contributed by atoms with Crippen LogP contribution in [0.5, 0.6) is 0 Å². The molecule has 0 aliphatic carbocycles. The van der Waals surface area contributed by atoms with Gasteiger partial charge in [-0.25, -0.2) is 9.97 Å². The maximum Gasteiger partial charge on any atom is 0.0979 e. The molecule has 3 heteroatoms. The van der Waals surface area contributed by atoms with E-state index in [-0.39, 0.29) is 0 Å². The van der Waals surface area contributed by atoms with Crippen LogP contribution in [0.2, 0.25) is 0 Å². The molecule has 2 heterocycles. The van der Waals surface area contributed by atoms with Crippen molar-refractivity contribution in [3.8, 4) is 39.3 Å². The highest BCUT2D eigenvalue weighted by atomic mass is 15.0. The van der Waals surface area contributed by atoms with E-state index in [1.807, 2.05) is 6.07 Å². The van der Waals surface area contributed by atoms with E-state index in [2.05, 4.69) is 174 Å². The minimum atomic E-state index is 0.878. The molecule has 0 aliphatic heterocycles. The molecule has 0 unspecified atom stereocenters. The smallest absolute Gasteiger partial charge is 0.0979 e. The van der Waals surface area contributed by atoms with Crippen LogP contribution in [0.4, 0.5) is 0 Å². The molecule has 3 nitrogen and oxygen atoms in total. The first-order valence-electron chi connectivity index (χ1n) is 16.7. The fraction of sp³-hybridized carbons (Fsp3) is 0. The summed E-state index contributed by atoms with van der Waals surface area (Å²) in [5.74, 6) is 0. The third-order valence-electron chi connectivity index (χ3n) is 9.75. The zero-order chi connectivity index (χ0) is 32.3. The molecule has 2 aromatic heterocycles. The van der Waals surface area contributed by atoms with Crippen molar-refractivity contribution in [2.45, 2.75) is 0 Å². The van der Waals surface area contributed by atoms with Gasteiger partial charge in [-0.3, -0.25) is 0 Å². The summed E-state index contributed by atoms with van der Waals surface area (Å²) in [5.41, 5.74) is 11.5. The highest BCUT2D eigenvalue weighted by molar-refractivity contribution is 6.23. The van der Waals surface area contributed by atoms with Crippen LogP contribution in [-0.4, -0.2) is 14.5 Å². The molecule has 10 aromatic rings. The summed E-state index contributed by atoms with van der Waals surface area (Å²) < 4.78 is 2.36. The number of rotatable bonds is 4. The average Bonchev–Trinajstić information content (AvgIpc) is 3.52. The monoisotopic (exact) mass is 623 g/mol. The summed E-state index contributed by atoms with van der Waals surface area (Å²) in [4.78, 5) is 10.9. The van der Waals surface area contributed by atoms with Crippen LogP contribution in [0, 0.1) is 0 Å². The fourth-order valence-electron chi connectivity index (χ4n) is 7.51. The molecule has 0 atom stereocenters. The van der Waals surface area contributed by atoms with Crippen molar-refractivity contribution >= 4 is 54.4 Å². The van der Waals surface area contributed by atoms with Crippen molar-refractivity contribution in [2.24, 2.45) is 0 Å². The van der Waals surface area contributed by atoms with E-state index < -0.39 is 0 Å². The first kappa shape index (κ1) is 27.5. The molecule has 0 saturated carbocycles. The summed E-state index contributed by atoms with van der Waals surface area (Å²) in [7, 11) is 0. The van der Waals surface area contributed by atoms with Gasteiger partial charge in [-0.1, -0.05) is 140 Å². The second kappa shape index (κ2) is 11.0. The van der Waals surface area contributed by atoms with E-state index >= 15 is 0 Å². The van der Waals surface area contributed by atoms with Crippen LogP contribution in [0.3, 0.4) is 0 Å². The number of hydrogen-bond acceptors (Lipinski definition) is 2. The summed E-state index contributed by atoms with van der Waals surface area (Å²) >= 11 is 0. The summed E-state index contributed by atoms with van der Waals surface area (Å²) in [6.07, 6.45) is 0. The molecule has 228 valence electrons. The topological polar surface area (TPSA) is 30.7 Å². The highest BCUT2D eigenvalue weighted by Gasteiger charge is 2.19. The van der Waals surface area contributed by atoms with Crippen molar-refractivity contribution in [1.82, 2.24) is 14.5 Å². The molecule has 0 N–H and O–H groups in total. The van der Waals surface area contributed by atoms with E-state index in [9.17, 15) is 0 Å². The Labute approximate surface area is 283 Å². The Balaban J connectivity index is 1.20. The lowest BCUT2D eigenvalue weighted by Gasteiger charge is -2.15. The van der Waals surface area contributed by atoms with Gasteiger partial charge in [0.1, 0.15) is 0 Å². The third kappa shape index (κ3) is 4.37. The zero-order valence-corrected chi connectivity index (χ0v) is 26.6. The number of para-hydroxylation sites is 2. The molecule has 0 fully saturated rings. The van der Waals surface area contributed by atoms with E-state index in [1.165, 1.54) is 32.6 Å². The number of aromatic nitrogens is 3. The Morgan fingerprint density at radius 1 is 0.306 bits per heavy atom. The van der Waals surface area contributed by atoms with Crippen LogP contribution in [0.15, 0.2) is 176 Å². The summed E-state index contributed by atoms with van der Waals surface area (Å²) in [5, 5.41) is 7.08. The first-order valence-corrected chi connectivity index (χ1v) is 16.7. The molecule has 0 radical (unpaired) electrons. The molecule has 0 amide bonds. The summed E-state index contributed by atoms with van der Waals surface area (Å²) in [6, 6.07) is 62.4. The van der Waals surface area contributed by atoms with Gasteiger partial charge in [-0.2, -0.15) is 0 Å². The largest absolute Gasteiger partial charge is 0.309 e. The van der Waals surface area contributed by atoms with Gasteiger partial charge >= 0.3 is 0 Å². The van der Waals surface area contributed by atoms with Crippen LogP contribution >= 0.6 is 0 Å². The highest BCUT2D eigenvalue weighted by Crippen LogP contribution is 2.40. The van der Waals surface area contributed by atoms with Crippen LogP contribution < -0.4 is 0 Å². The van der Waals surface area contributed by atoms with Gasteiger partial charge in [0.2, 0.25) is 0 Å². The molecular formula is C46H29N3. The Hall–Kier alpha value is -6.58. The molecule has 49 heavy (non-hydrogen) atoms. The normalized spacial score (nSPS) is 11.7. The van der Waals surface area contributed by atoms with Crippen LogP contribution in [-0.2, 0) is 0 Å². The lowest BCUT2D eigenvalue weighted by Crippen LogP contribution is -1.97. The summed E-state index contributed by atoms with van der Waals surface area (Å²) in [6.45, 7) is 0. The number of hydrogen-bond donors (Lipinski definition) is 0. The van der Waals surface area contributed by atoms with Crippen molar-refractivity contribution in [3.63, 3.8) is 0 Å². The lowest BCUT2D eigenvalue weighted by atomic mass is 9.96. The molecule has 0 saturated heterocycles. The average molecular weight is 624 g/mol. The maximum atomic E-state index is 5.50. The third-order valence-corrected chi connectivity index (χ3v) is 9.75. The SMILES string of the molecule is c1ccc(-c2nc3c4ccccc4c4ccccc4c3nc2-c2cccc(-c3ccc4c(c3)c3ccccc3n4-c3ccccc3)c2)cc1. The van der Waals surface area contributed by atoms with E-state index in [0.717, 1.165) is 61.1 Å². The van der Waals surface area contributed by atoms with Crippen molar-refractivity contribution in [2.75, 3.05) is 0 Å². The van der Waals surface area contributed by atoms with Gasteiger partial charge in [0, 0.05) is 38.4 Å². The molecule has 0 aliphatic rings. The van der Waals surface area contributed by atoms with Gasteiger partial charge in [0.05, 0.1) is 33.5 Å². The Morgan fingerprint density at radius 3 is 1.49 bits per heavy atom. The number of nitrogens with zero attached hydrogens (tertiary/aromatic N) is 3. The molecule has 0 bridgehead atoms. The van der Waals surface area contributed by atoms with E-state index in [4.69, 9.17) is 9.97 Å². The molecule has 10 rings (SSSR count). The van der Waals surface area contributed by atoms with Gasteiger partial charge in [0.25, 0.3) is 0 Å². The Kier molecular flexibility index (Phi) is 6.18. The second-order valence-corrected chi connectivity index (χ2v) is 12.6. The minimum Gasteiger partial charge on any atom is -0.309 e. The Morgan fingerprint density at radius 2 is 0.796 bits per heavy atom. The second-order valence-electron chi connectivity index (χ2n) is 12.6. The fourth-order valence-corrected chi connectivity index (χ4v) is 7.51. The predicted molar refractivity (Wildman–Crippen MR) is 205 cm³/mol. The molecular weight excluding hydrogens is 595 g/mol. The van der Waals surface area contributed by atoms with E-state index in [1.54, 1.807) is 0 Å². The van der Waals surface area contributed by atoms with Gasteiger partial charge in [0.15, 0.2) is 0 Å². The van der Waals surface area contributed by atoms with Crippen molar-refractivity contribution in [1.29, 1.82) is 0 Å². The number of benzene rings is 8. The van der Waals surface area contributed by atoms with Gasteiger partial charge < -0.3 is 4.57 Å². The predicted octanol–water partition coefficient (Wildman–Crippen LogP) is 12.0. The van der Waals surface area contributed by atoms with Crippen LogP contribution in [0.1, 0.15) is 0 Å². The van der Waals surface area contributed by atoms with Gasteiger partial charge in [-0.15, -0.1) is 0 Å². The minimum absolute atomic E-state index is 0.878. The quantitative estimate of drug-likeness (QED) is 0.183. The van der Waals surface area contributed by atoms with Gasteiger partial charge in [-0.05, 0) is 58.3 Å². The lowest BCUT2D eigenvalue weighted by molar-refractivity contribution is 1.18.